The van der Waals surface area contributed by atoms with Crippen molar-refractivity contribution in [3.8, 4) is 16.3 Å². The Labute approximate surface area is 152 Å². The van der Waals surface area contributed by atoms with Gasteiger partial charge < -0.3 is 5.32 Å². The molecule has 3 aromatic heterocycles. The number of carbonyl (C=O) groups is 1. The van der Waals surface area contributed by atoms with Crippen molar-refractivity contribution in [3.63, 3.8) is 0 Å². The maximum atomic E-state index is 12.3. The average molecular weight is 363 g/mol. The summed E-state index contributed by atoms with van der Waals surface area (Å²) < 4.78 is 1.52. The highest BCUT2D eigenvalue weighted by molar-refractivity contribution is 7.13. The molecule has 0 aliphatic rings. The third kappa shape index (κ3) is 3.62. The Hall–Kier alpha value is -3.46. The number of hydrogen-bond donors (Lipinski definition) is 1. The molecule has 0 spiro atoms. The number of benzene rings is 1. The molecular weight excluding hydrogens is 350 g/mol. The summed E-state index contributed by atoms with van der Waals surface area (Å²) in [6.07, 6.45) is 5.17. The Bertz CT molecular complexity index is 1010. The number of hydrogen-bond acceptors (Lipinski definition) is 7. The van der Waals surface area contributed by atoms with Crippen LogP contribution >= 0.6 is 11.3 Å². The van der Waals surface area contributed by atoms with Crippen molar-refractivity contribution in [2.45, 2.75) is 6.42 Å². The van der Waals surface area contributed by atoms with Gasteiger partial charge in [-0.3, -0.25) is 9.78 Å². The molecule has 0 bridgehead atoms. The van der Waals surface area contributed by atoms with Gasteiger partial charge >= 0.3 is 0 Å². The molecule has 1 aromatic carbocycles. The van der Waals surface area contributed by atoms with E-state index in [1.807, 2.05) is 35.7 Å². The molecule has 1 N–H and O–H groups in total. The lowest BCUT2D eigenvalue weighted by atomic mass is 10.2. The largest absolute Gasteiger partial charge is 0.326 e. The van der Waals surface area contributed by atoms with E-state index in [1.165, 1.54) is 22.3 Å². The fraction of sp³-hybridized carbons (Fsp3) is 0.0588. The predicted molar refractivity (Wildman–Crippen MR) is 96.8 cm³/mol. The second-order valence-corrected chi connectivity index (χ2v) is 6.27. The van der Waals surface area contributed by atoms with E-state index in [1.54, 1.807) is 18.5 Å². The minimum atomic E-state index is -0.137. The highest BCUT2D eigenvalue weighted by Crippen LogP contribution is 2.23. The van der Waals surface area contributed by atoms with E-state index in [9.17, 15) is 4.79 Å². The number of rotatable bonds is 5. The Morgan fingerprint density at radius 1 is 1.23 bits per heavy atom. The van der Waals surface area contributed by atoms with Gasteiger partial charge in [-0.2, -0.15) is 0 Å². The average Bonchev–Trinajstić information content (AvgIpc) is 3.35. The van der Waals surface area contributed by atoms with E-state index in [-0.39, 0.29) is 12.3 Å². The third-order valence-corrected chi connectivity index (χ3v) is 4.49. The summed E-state index contributed by atoms with van der Waals surface area (Å²) in [4.78, 5) is 20.9. The standard InChI is InChI=1S/C17H13N7OS/c25-16(8-14-10-26-17(21-14)12-3-2-6-18-9-12)20-13-4-1-5-15(7-13)24-11-19-22-23-24/h1-7,9-11H,8H2,(H,20,25). The lowest BCUT2D eigenvalue weighted by Gasteiger charge is -2.06. The topological polar surface area (TPSA) is 98.5 Å². The Balaban J connectivity index is 1.43. The van der Waals surface area contributed by atoms with E-state index < -0.39 is 0 Å². The van der Waals surface area contributed by atoms with Crippen LogP contribution in [0, 0.1) is 0 Å². The summed E-state index contributed by atoms with van der Waals surface area (Å²) in [6, 6.07) is 11.1. The number of anilines is 1. The smallest absolute Gasteiger partial charge is 0.230 e. The molecule has 9 heteroatoms. The fourth-order valence-electron chi connectivity index (χ4n) is 2.39. The Morgan fingerprint density at radius 2 is 2.19 bits per heavy atom. The first-order chi connectivity index (χ1) is 12.8. The predicted octanol–water partition coefficient (Wildman–Crippen LogP) is 2.36. The summed E-state index contributed by atoms with van der Waals surface area (Å²) in [5.74, 6) is -0.137. The molecule has 1 amide bonds. The summed E-state index contributed by atoms with van der Waals surface area (Å²) in [7, 11) is 0. The molecule has 0 radical (unpaired) electrons. The van der Waals surface area contributed by atoms with Crippen molar-refractivity contribution in [1.82, 2.24) is 30.2 Å². The zero-order chi connectivity index (χ0) is 17.8. The molecule has 0 saturated heterocycles. The van der Waals surface area contributed by atoms with Crippen LogP contribution in [-0.4, -0.2) is 36.1 Å². The molecular formula is C17H13N7OS. The number of tetrazole rings is 1. The zero-order valence-electron chi connectivity index (χ0n) is 13.5. The summed E-state index contributed by atoms with van der Waals surface area (Å²) >= 11 is 1.50. The highest BCUT2D eigenvalue weighted by atomic mass is 32.1. The Kier molecular flexibility index (Phi) is 4.44. The van der Waals surface area contributed by atoms with Crippen LogP contribution in [0.3, 0.4) is 0 Å². The van der Waals surface area contributed by atoms with Gasteiger partial charge in [0.15, 0.2) is 0 Å². The van der Waals surface area contributed by atoms with Crippen molar-refractivity contribution >= 4 is 22.9 Å². The minimum absolute atomic E-state index is 0.137. The van der Waals surface area contributed by atoms with Gasteiger partial charge in [-0.15, -0.1) is 16.4 Å². The maximum absolute atomic E-state index is 12.3. The van der Waals surface area contributed by atoms with Crippen LogP contribution in [0.5, 0.6) is 0 Å². The summed E-state index contributed by atoms with van der Waals surface area (Å²) in [6.45, 7) is 0. The zero-order valence-corrected chi connectivity index (χ0v) is 14.3. The van der Waals surface area contributed by atoms with Crippen molar-refractivity contribution in [3.05, 3.63) is 66.2 Å². The fourth-order valence-corrected chi connectivity index (χ4v) is 3.20. The second-order valence-electron chi connectivity index (χ2n) is 5.42. The normalized spacial score (nSPS) is 10.6. The second kappa shape index (κ2) is 7.19. The number of thiazole rings is 1. The third-order valence-electron chi connectivity index (χ3n) is 3.55. The molecule has 0 atom stereocenters. The molecule has 3 heterocycles. The molecule has 4 rings (SSSR count). The number of aromatic nitrogens is 6. The van der Waals surface area contributed by atoms with Gasteiger partial charge in [-0.1, -0.05) is 6.07 Å². The first-order valence-corrected chi connectivity index (χ1v) is 8.64. The van der Waals surface area contributed by atoms with E-state index in [4.69, 9.17) is 0 Å². The summed E-state index contributed by atoms with van der Waals surface area (Å²) in [5.41, 5.74) is 3.10. The van der Waals surface area contributed by atoms with Crippen LogP contribution in [0.25, 0.3) is 16.3 Å². The van der Waals surface area contributed by atoms with Crippen molar-refractivity contribution in [2.75, 3.05) is 5.32 Å². The SMILES string of the molecule is O=C(Cc1csc(-c2cccnc2)n1)Nc1cccc(-n2cnnn2)c1. The summed E-state index contributed by atoms with van der Waals surface area (Å²) in [5, 5.41) is 16.7. The van der Waals surface area contributed by atoms with Crippen molar-refractivity contribution in [2.24, 2.45) is 0 Å². The van der Waals surface area contributed by atoms with Crippen molar-refractivity contribution in [1.29, 1.82) is 0 Å². The van der Waals surface area contributed by atoms with Gasteiger partial charge in [-0.25, -0.2) is 9.67 Å². The van der Waals surface area contributed by atoms with Gasteiger partial charge in [0.25, 0.3) is 0 Å². The monoisotopic (exact) mass is 363 g/mol. The first kappa shape index (κ1) is 16.0. The van der Waals surface area contributed by atoms with Crippen LogP contribution in [0.15, 0.2) is 60.5 Å². The van der Waals surface area contributed by atoms with Crippen molar-refractivity contribution < 1.29 is 4.79 Å². The Morgan fingerprint density at radius 3 is 3.00 bits per heavy atom. The van der Waals surface area contributed by atoms with Crippen LogP contribution in [0.2, 0.25) is 0 Å². The first-order valence-electron chi connectivity index (χ1n) is 7.76. The molecule has 4 aromatic rings. The molecule has 8 nitrogen and oxygen atoms in total. The van der Waals surface area contributed by atoms with Gasteiger partial charge in [0.2, 0.25) is 5.91 Å². The molecule has 0 aliphatic heterocycles. The van der Waals surface area contributed by atoms with Crippen LogP contribution in [0.1, 0.15) is 5.69 Å². The van der Waals surface area contributed by atoms with Gasteiger partial charge in [0.1, 0.15) is 11.3 Å². The molecule has 0 fully saturated rings. The maximum Gasteiger partial charge on any atom is 0.230 e. The van der Waals surface area contributed by atoms with Crippen LogP contribution in [-0.2, 0) is 11.2 Å². The minimum Gasteiger partial charge on any atom is -0.326 e. The number of pyridine rings is 1. The quantitative estimate of drug-likeness (QED) is 0.584. The van der Waals surface area contributed by atoms with Crippen LogP contribution in [0.4, 0.5) is 5.69 Å². The van der Waals surface area contributed by atoms with E-state index in [0.29, 0.717) is 5.69 Å². The number of amides is 1. The van der Waals surface area contributed by atoms with E-state index in [2.05, 4.69) is 30.8 Å². The van der Waals surface area contributed by atoms with E-state index in [0.717, 1.165) is 22.0 Å². The molecule has 0 unspecified atom stereocenters. The van der Waals surface area contributed by atoms with Gasteiger partial charge in [0, 0.05) is 29.0 Å². The molecule has 0 saturated carbocycles. The van der Waals surface area contributed by atoms with Gasteiger partial charge in [-0.05, 0) is 40.8 Å². The molecule has 128 valence electrons. The molecule has 0 aliphatic carbocycles. The highest BCUT2D eigenvalue weighted by Gasteiger charge is 2.10. The molecule has 26 heavy (non-hydrogen) atoms. The number of nitrogens with zero attached hydrogens (tertiary/aromatic N) is 6. The number of carbonyl (C=O) groups excluding carboxylic acids is 1. The lowest BCUT2D eigenvalue weighted by Crippen LogP contribution is -2.14. The van der Waals surface area contributed by atoms with Gasteiger partial charge in [0.05, 0.1) is 17.8 Å². The van der Waals surface area contributed by atoms with Crippen LogP contribution < -0.4 is 5.32 Å². The lowest BCUT2D eigenvalue weighted by molar-refractivity contribution is -0.115. The van der Waals surface area contributed by atoms with E-state index >= 15 is 0 Å². The number of nitrogens with one attached hydrogen (secondary N) is 1.